The molecule has 2 rings (SSSR count). The van der Waals surface area contributed by atoms with Crippen molar-refractivity contribution in [3.63, 3.8) is 0 Å². The van der Waals surface area contributed by atoms with Crippen molar-refractivity contribution in [2.45, 2.75) is 26.7 Å². The van der Waals surface area contributed by atoms with Gasteiger partial charge in [-0.1, -0.05) is 44.2 Å². The monoisotopic (exact) mass is 235 g/mol. The molecule has 1 aliphatic heterocycles. The van der Waals surface area contributed by atoms with E-state index in [1.54, 1.807) is 0 Å². The lowest BCUT2D eigenvalue weighted by Crippen LogP contribution is -2.36. The largest absolute Gasteiger partial charge is 0.379 e. The lowest BCUT2D eigenvalue weighted by Gasteiger charge is -2.26. The smallest absolute Gasteiger partial charge is 0.0594 e. The predicted molar refractivity (Wildman–Crippen MR) is 73.4 cm³/mol. The summed E-state index contributed by atoms with van der Waals surface area (Å²) in [4.78, 5) is 2.49. The van der Waals surface area contributed by atoms with Crippen LogP contribution in [0.15, 0.2) is 30.3 Å². The van der Waals surface area contributed by atoms with Crippen LogP contribution in [0.2, 0.25) is 0 Å². The Bertz CT molecular complexity index is 268. The van der Waals surface area contributed by atoms with Gasteiger partial charge in [-0.15, -0.1) is 0 Å². The summed E-state index contributed by atoms with van der Waals surface area (Å²) in [7, 11) is 0. The van der Waals surface area contributed by atoms with Gasteiger partial charge in [0.25, 0.3) is 0 Å². The van der Waals surface area contributed by atoms with Crippen LogP contribution in [0, 0.1) is 0 Å². The van der Waals surface area contributed by atoms with E-state index in [0.29, 0.717) is 0 Å². The van der Waals surface area contributed by atoms with E-state index in [1.165, 1.54) is 24.9 Å². The molecule has 96 valence electrons. The number of rotatable bonds is 4. The molecule has 0 saturated carbocycles. The standard InChI is InChI=1S/C13H19NO.C2H6/c1-2-5-13(6-3-1)7-4-8-14-9-11-15-12-10-14;1-2/h1-3,5-6H,4,7-12H2;1-2H3. The molecule has 0 atom stereocenters. The molecule has 0 bridgehead atoms. The van der Waals surface area contributed by atoms with Gasteiger partial charge in [0.1, 0.15) is 0 Å². The Morgan fingerprint density at radius 2 is 1.71 bits per heavy atom. The maximum Gasteiger partial charge on any atom is 0.0594 e. The van der Waals surface area contributed by atoms with Gasteiger partial charge < -0.3 is 4.74 Å². The van der Waals surface area contributed by atoms with Crippen molar-refractivity contribution < 1.29 is 4.74 Å². The van der Waals surface area contributed by atoms with E-state index in [0.717, 1.165) is 26.3 Å². The summed E-state index contributed by atoms with van der Waals surface area (Å²) in [6, 6.07) is 10.7. The second-order valence-corrected chi connectivity index (χ2v) is 4.04. The Morgan fingerprint density at radius 1 is 1.06 bits per heavy atom. The van der Waals surface area contributed by atoms with Gasteiger partial charge in [0.15, 0.2) is 0 Å². The van der Waals surface area contributed by atoms with E-state index >= 15 is 0 Å². The lowest BCUT2D eigenvalue weighted by atomic mass is 10.1. The molecule has 1 heterocycles. The van der Waals surface area contributed by atoms with E-state index in [2.05, 4.69) is 35.2 Å². The molecule has 0 aliphatic carbocycles. The van der Waals surface area contributed by atoms with E-state index in [9.17, 15) is 0 Å². The zero-order valence-corrected chi connectivity index (χ0v) is 11.2. The summed E-state index contributed by atoms with van der Waals surface area (Å²) < 4.78 is 5.32. The van der Waals surface area contributed by atoms with Crippen LogP contribution in [0.1, 0.15) is 25.8 Å². The van der Waals surface area contributed by atoms with Gasteiger partial charge >= 0.3 is 0 Å². The maximum absolute atomic E-state index is 5.32. The van der Waals surface area contributed by atoms with Crippen molar-refractivity contribution in [2.24, 2.45) is 0 Å². The molecule has 0 spiro atoms. The fourth-order valence-electron chi connectivity index (χ4n) is 1.98. The third-order valence-electron chi connectivity index (χ3n) is 2.89. The number of ether oxygens (including phenoxy) is 1. The van der Waals surface area contributed by atoms with Gasteiger partial charge in [0, 0.05) is 13.1 Å². The van der Waals surface area contributed by atoms with Gasteiger partial charge in [0.2, 0.25) is 0 Å². The van der Waals surface area contributed by atoms with Gasteiger partial charge in [-0.2, -0.15) is 0 Å². The van der Waals surface area contributed by atoms with Crippen LogP contribution in [0.3, 0.4) is 0 Å². The molecule has 1 aromatic rings. The minimum Gasteiger partial charge on any atom is -0.379 e. The minimum absolute atomic E-state index is 0.908. The number of morpholine rings is 1. The SMILES string of the molecule is CC.c1ccc(CCCN2CCOCC2)cc1. The molecule has 2 nitrogen and oxygen atoms in total. The van der Waals surface area contributed by atoms with Crippen LogP contribution in [-0.4, -0.2) is 37.7 Å². The second kappa shape index (κ2) is 9.20. The molecule has 17 heavy (non-hydrogen) atoms. The van der Waals surface area contributed by atoms with Crippen molar-refractivity contribution in [1.82, 2.24) is 4.90 Å². The molecule has 0 unspecified atom stereocenters. The third kappa shape index (κ3) is 5.85. The zero-order chi connectivity index (χ0) is 12.3. The fraction of sp³-hybridized carbons (Fsp3) is 0.600. The molecule has 1 saturated heterocycles. The average Bonchev–Trinajstić information content (AvgIpc) is 2.43. The summed E-state index contributed by atoms with van der Waals surface area (Å²) in [5, 5.41) is 0. The normalized spacial score (nSPS) is 16.1. The zero-order valence-electron chi connectivity index (χ0n) is 11.2. The van der Waals surface area contributed by atoms with Gasteiger partial charge in [-0.05, 0) is 24.9 Å². The molecule has 1 fully saturated rings. The van der Waals surface area contributed by atoms with Crippen LogP contribution in [0.5, 0.6) is 0 Å². The van der Waals surface area contributed by atoms with Crippen molar-refractivity contribution in [2.75, 3.05) is 32.8 Å². The van der Waals surface area contributed by atoms with Crippen LogP contribution >= 0.6 is 0 Å². The van der Waals surface area contributed by atoms with Crippen LogP contribution in [0.25, 0.3) is 0 Å². The maximum atomic E-state index is 5.32. The van der Waals surface area contributed by atoms with Crippen molar-refractivity contribution in [3.8, 4) is 0 Å². The number of benzene rings is 1. The molecule has 0 amide bonds. The van der Waals surface area contributed by atoms with Crippen molar-refractivity contribution in [1.29, 1.82) is 0 Å². The third-order valence-corrected chi connectivity index (χ3v) is 2.89. The Balaban J connectivity index is 0.000000686. The molecule has 0 radical (unpaired) electrons. The molecular formula is C15H25NO. The van der Waals surface area contributed by atoms with Gasteiger partial charge in [-0.3, -0.25) is 4.90 Å². The molecule has 0 aromatic heterocycles. The fourth-order valence-corrected chi connectivity index (χ4v) is 1.98. The van der Waals surface area contributed by atoms with Crippen molar-refractivity contribution >= 4 is 0 Å². The summed E-state index contributed by atoms with van der Waals surface area (Å²) in [6.07, 6.45) is 2.45. The second-order valence-electron chi connectivity index (χ2n) is 4.04. The van der Waals surface area contributed by atoms with E-state index in [4.69, 9.17) is 4.74 Å². The van der Waals surface area contributed by atoms with Crippen LogP contribution in [-0.2, 0) is 11.2 Å². The number of hydrogen-bond acceptors (Lipinski definition) is 2. The van der Waals surface area contributed by atoms with Crippen LogP contribution < -0.4 is 0 Å². The lowest BCUT2D eigenvalue weighted by molar-refractivity contribution is 0.0375. The molecule has 0 N–H and O–H groups in total. The van der Waals surface area contributed by atoms with E-state index in [-0.39, 0.29) is 0 Å². The summed E-state index contributed by atoms with van der Waals surface area (Å²) in [6.45, 7) is 9.23. The average molecular weight is 235 g/mol. The Hall–Kier alpha value is -0.860. The number of aryl methyl sites for hydroxylation is 1. The number of nitrogens with zero attached hydrogens (tertiary/aromatic N) is 1. The highest BCUT2D eigenvalue weighted by Gasteiger charge is 2.08. The minimum atomic E-state index is 0.908. The highest BCUT2D eigenvalue weighted by molar-refractivity contribution is 5.14. The molecule has 2 heteroatoms. The number of hydrogen-bond donors (Lipinski definition) is 0. The Labute approximate surface area is 106 Å². The first-order chi connectivity index (χ1) is 8.45. The first kappa shape index (κ1) is 14.2. The van der Waals surface area contributed by atoms with E-state index < -0.39 is 0 Å². The Morgan fingerprint density at radius 3 is 2.35 bits per heavy atom. The highest BCUT2D eigenvalue weighted by atomic mass is 16.5. The summed E-state index contributed by atoms with van der Waals surface area (Å²) >= 11 is 0. The first-order valence-electron chi connectivity index (χ1n) is 6.79. The molecule has 1 aliphatic rings. The van der Waals surface area contributed by atoms with E-state index in [1.807, 2.05) is 13.8 Å². The first-order valence-corrected chi connectivity index (χ1v) is 6.79. The Kier molecular flexibility index (Phi) is 7.69. The summed E-state index contributed by atoms with van der Waals surface area (Å²) in [5.41, 5.74) is 1.45. The molecular weight excluding hydrogens is 210 g/mol. The quantitative estimate of drug-likeness (QED) is 0.795. The van der Waals surface area contributed by atoms with Crippen molar-refractivity contribution in [3.05, 3.63) is 35.9 Å². The van der Waals surface area contributed by atoms with Gasteiger partial charge in [-0.25, -0.2) is 0 Å². The topological polar surface area (TPSA) is 12.5 Å². The predicted octanol–water partition coefficient (Wildman–Crippen LogP) is 2.98. The molecule has 1 aromatic carbocycles. The summed E-state index contributed by atoms with van der Waals surface area (Å²) in [5.74, 6) is 0. The van der Waals surface area contributed by atoms with Gasteiger partial charge in [0.05, 0.1) is 13.2 Å². The van der Waals surface area contributed by atoms with Crippen LogP contribution in [0.4, 0.5) is 0 Å². The highest BCUT2D eigenvalue weighted by Crippen LogP contribution is 2.04.